The van der Waals surface area contributed by atoms with Crippen LogP contribution in [0.25, 0.3) is 0 Å². The van der Waals surface area contributed by atoms with Gasteiger partial charge in [-0.25, -0.2) is 0 Å². The van der Waals surface area contributed by atoms with Crippen LogP contribution in [0.1, 0.15) is 20.8 Å². The largest absolute Gasteiger partial charge is 0.462 e. The van der Waals surface area contributed by atoms with Gasteiger partial charge in [-0.05, 0) is 0 Å². The number of carbonyl (C=O) groups is 3. The Hall–Kier alpha value is -1.34. The maximum Gasteiger partial charge on any atom is 0.303 e. The smallest absolute Gasteiger partial charge is 0.303 e. The van der Waals surface area contributed by atoms with Gasteiger partial charge in [-0.3, -0.25) is 14.4 Å². The van der Waals surface area contributed by atoms with E-state index in [1.54, 1.807) is 0 Å². The number of hydrogen-bond acceptors (Lipinski definition) is 7. The Bertz CT molecular complexity index is 240. The van der Waals surface area contributed by atoms with E-state index in [9.17, 15) is 14.4 Å². The molecule has 0 bridgehead atoms. The zero-order valence-corrected chi connectivity index (χ0v) is 10.9. The molecular weight excluding hydrogens is 254 g/mol. The second-order valence-corrected chi connectivity index (χ2v) is 2.84. The first-order valence-corrected chi connectivity index (χ1v) is 4.35. The normalized spacial score (nSPS) is 8.47. The molecule has 17 heavy (non-hydrogen) atoms. The van der Waals surface area contributed by atoms with E-state index in [1.165, 1.54) is 20.8 Å². The van der Waals surface area contributed by atoms with E-state index in [1.807, 2.05) is 0 Å². The Morgan fingerprint density at radius 3 is 1.47 bits per heavy atom. The predicted molar refractivity (Wildman–Crippen MR) is 61.1 cm³/mol. The summed E-state index contributed by atoms with van der Waals surface area (Å²) >= 11 is 0. The molecule has 0 aliphatic heterocycles. The van der Waals surface area contributed by atoms with Gasteiger partial charge >= 0.3 is 17.9 Å². The fraction of sp³-hybridized carbons (Fsp3) is 0.667. The Kier molecular flexibility index (Phi) is 13.8. The fourth-order valence-corrected chi connectivity index (χ4v) is 0.771. The lowest BCUT2D eigenvalue weighted by molar-refractivity contribution is -0.163. The summed E-state index contributed by atoms with van der Waals surface area (Å²) < 4.78 is 14.0. The molecule has 0 heterocycles. The van der Waals surface area contributed by atoms with Crippen LogP contribution in [0.15, 0.2) is 0 Å². The van der Waals surface area contributed by atoms with Crippen LogP contribution in [0.2, 0.25) is 0 Å². The summed E-state index contributed by atoms with van der Waals surface area (Å²) in [5.41, 5.74) is 0. The van der Waals surface area contributed by atoms with Gasteiger partial charge in [0.15, 0.2) is 6.10 Å². The van der Waals surface area contributed by atoms with Gasteiger partial charge in [0.2, 0.25) is 0 Å². The number of halogens is 1. The summed E-state index contributed by atoms with van der Waals surface area (Å²) in [5, 5.41) is 0. The molecule has 0 spiro atoms. The van der Waals surface area contributed by atoms with Crippen molar-refractivity contribution < 1.29 is 28.6 Å². The molecule has 0 aromatic heterocycles. The molecule has 0 aromatic carbocycles. The van der Waals surface area contributed by atoms with Crippen molar-refractivity contribution in [2.75, 3.05) is 13.2 Å². The molecule has 0 radical (unpaired) electrons. The van der Waals surface area contributed by atoms with Crippen molar-refractivity contribution in [1.82, 2.24) is 6.15 Å². The Balaban J connectivity index is -0.000000980. The molecule has 0 aliphatic rings. The second-order valence-electron chi connectivity index (χ2n) is 2.84. The third-order valence-electron chi connectivity index (χ3n) is 1.28. The Morgan fingerprint density at radius 2 is 1.24 bits per heavy atom. The molecule has 0 saturated carbocycles. The molecule has 0 saturated heterocycles. The minimum atomic E-state index is -0.754. The van der Waals surface area contributed by atoms with Gasteiger partial charge in [0.05, 0.1) is 0 Å². The zero-order valence-electron chi connectivity index (χ0n) is 10.1. The van der Waals surface area contributed by atoms with Crippen LogP contribution in [-0.2, 0) is 28.6 Å². The summed E-state index contributed by atoms with van der Waals surface area (Å²) in [6, 6.07) is 0. The Labute approximate surface area is 106 Å². The van der Waals surface area contributed by atoms with Gasteiger partial charge in [0.25, 0.3) is 0 Å². The first kappa shape index (κ1) is 21.0. The molecule has 8 heteroatoms. The van der Waals surface area contributed by atoms with Gasteiger partial charge in [0.1, 0.15) is 13.2 Å². The first-order chi connectivity index (χ1) is 6.91. The van der Waals surface area contributed by atoms with Crippen molar-refractivity contribution in [3.8, 4) is 0 Å². The average molecular weight is 272 g/mol. The predicted octanol–water partition coefficient (Wildman–Crippen LogP) is 0.628. The molecule has 102 valence electrons. The maximum absolute atomic E-state index is 10.6. The molecule has 0 amide bonds. The van der Waals surface area contributed by atoms with Crippen LogP contribution < -0.4 is 6.15 Å². The molecule has 7 nitrogen and oxygen atoms in total. The lowest BCUT2D eigenvalue weighted by Crippen LogP contribution is -2.29. The Morgan fingerprint density at radius 1 is 0.882 bits per heavy atom. The van der Waals surface area contributed by atoms with Gasteiger partial charge in [-0.15, -0.1) is 12.4 Å². The highest BCUT2D eigenvalue weighted by molar-refractivity contribution is 5.85. The topological polar surface area (TPSA) is 114 Å². The summed E-state index contributed by atoms with van der Waals surface area (Å²) in [7, 11) is 0. The minimum absolute atomic E-state index is 0. The van der Waals surface area contributed by atoms with Crippen LogP contribution in [-0.4, -0.2) is 37.2 Å². The third kappa shape index (κ3) is 14.7. The second kappa shape index (κ2) is 11.2. The molecule has 0 fully saturated rings. The monoisotopic (exact) mass is 271 g/mol. The van der Waals surface area contributed by atoms with Gasteiger partial charge in [-0.1, -0.05) is 0 Å². The lowest BCUT2D eigenvalue weighted by Gasteiger charge is -2.15. The molecule has 0 aromatic rings. The number of ether oxygens (including phenoxy) is 3. The summed E-state index contributed by atoms with van der Waals surface area (Å²) in [5.74, 6) is -1.51. The van der Waals surface area contributed by atoms with Crippen molar-refractivity contribution in [2.24, 2.45) is 0 Å². The summed E-state index contributed by atoms with van der Waals surface area (Å²) in [6.45, 7) is 3.44. The van der Waals surface area contributed by atoms with Crippen molar-refractivity contribution >= 4 is 30.3 Å². The van der Waals surface area contributed by atoms with E-state index < -0.39 is 24.0 Å². The lowest BCUT2D eigenvalue weighted by atomic mass is 10.4. The third-order valence-corrected chi connectivity index (χ3v) is 1.28. The molecule has 0 rings (SSSR count). The maximum atomic E-state index is 10.6. The van der Waals surface area contributed by atoms with E-state index in [2.05, 4.69) is 9.47 Å². The summed E-state index contributed by atoms with van der Waals surface area (Å²) in [6.07, 6.45) is -0.754. The van der Waals surface area contributed by atoms with Crippen LogP contribution in [0.3, 0.4) is 0 Å². The SMILES string of the molecule is CC(=O)OCC(COC(C)=O)OC(C)=O.Cl.N. The van der Waals surface area contributed by atoms with E-state index in [0.29, 0.717) is 0 Å². The van der Waals surface area contributed by atoms with E-state index in [4.69, 9.17) is 4.74 Å². The van der Waals surface area contributed by atoms with E-state index in [-0.39, 0.29) is 31.8 Å². The van der Waals surface area contributed by atoms with Crippen LogP contribution in [0, 0.1) is 0 Å². The highest BCUT2D eigenvalue weighted by atomic mass is 35.5. The van der Waals surface area contributed by atoms with Crippen molar-refractivity contribution in [3.63, 3.8) is 0 Å². The molecular formula is C9H18ClNO6. The average Bonchev–Trinajstić information content (AvgIpc) is 2.08. The van der Waals surface area contributed by atoms with Crippen LogP contribution in [0.4, 0.5) is 0 Å². The van der Waals surface area contributed by atoms with Crippen LogP contribution in [0.5, 0.6) is 0 Å². The van der Waals surface area contributed by atoms with E-state index in [0.717, 1.165) is 0 Å². The van der Waals surface area contributed by atoms with E-state index >= 15 is 0 Å². The molecule has 0 aliphatic carbocycles. The van der Waals surface area contributed by atoms with Gasteiger partial charge < -0.3 is 20.4 Å². The standard InChI is InChI=1S/C9H14O6.ClH.H3N/c1-6(10)13-4-9(15-8(3)12)5-14-7(2)11;;/h9H,4-5H2,1-3H3;1H;1H3. The molecule has 3 N–H and O–H groups in total. The number of hydrogen-bond donors (Lipinski definition) is 1. The quantitative estimate of drug-likeness (QED) is 0.576. The van der Waals surface area contributed by atoms with Crippen molar-refractivity contribution in [1.29, 1.82) is 0 Å². The van der Waals surface area contributed by atoms with Gasteiger partial charge in [-0.2, -0.15) is 0 Å². The van der Waals surface area contributed by atoms with Crippen molar-refractivity contribution in [2.45, 2.75) is 26.9 Å². The van der Waals surface area contributed by atoms with Crippen LogP contribution >= 0.6 is 12.4 Å². The summed E-state index contributed by atoms with van der Waals surface area (Å²) in [4.78, 5) is 31.6. The zero-order chi connectivity index (χ0) is 11.8. The fourth-order valence-electron chi connectivity index (χ4n) is 0.771. The highest BCUT2D eigenvalue weighted by Gasteiger charge is 2.15. The number of carbonyl (C=O) groups excluding carboxylic acids is 3. The molecule has 0 atom stereocenters. The number of esters is 3. The van der Waals surface area contributed by atoms with Gasteiger partial charge in [0, 0.05) is 20.8 Å². The highest BCUT2D eigenvalue weighted by Crippen LogP contribution is 1.97. The first-order valence-electron chi connectivity index (χ1n) is 4.35. The van der Waals surface area contributed by atoms with Crippen molar-refractivity contribution in [3.05, 3.63) is 0 Å². The molecule has 0 unspecified atom stereocenters. The number of rotatable bonds is 5. The minimum Gasteiger partial charge on any atom is -0.462 e.